The van der Waals surface area contributed by atoms with Gasteiger partial charge in [0.05, 0.1) is 0 Å². The standard InChI is InChI=1S/C35H35N5O4/c1-22-14-23(2)16-26(15-22)34(42)40(3)32(13-10-24-8-11-25(12-9-24)28-18-36-21-37-19-28)33(41)39-31(35(43)44)17-27-20-38-30-7-5-4-6-29(27)30/h4-9,11-12,14-16,18-21,31-32,38H,10,13,17H2,1-3H3,(H,39,41)(H,43,44)/t31-,32+/m0/s1. The van der Waals surface area contributed by atoms with Gasteiger partial charge in [0.1, 0.15) is 18.4 Å². The highest BCUT2D eigenvalue weighted by molar-refractivity contribution is 5.98. The number of amides is 2. The van der Waals surface area contributed by atoms with Crippen molar-refractivity contribution in [1.29, 1.82) is 0 Å². The molecule has 2 amide bonds. The zero-order valence-corrected chi connectivity index (χ0v) is 24.9. The van der Waals surface area contributed by atoms with Crippen LogP contribution in [-0.4, -0.2) is 61.9 Å². The van der Waals surface area contributed by atoms with Gasteiger partial charge in [-0.1, -0.05) is 59.7 Å². The van der Waals surface area contributed by atoms with Crippen LogP contribution in [0.5, 0.6) is 0 Å². The molecule has 5 rings (SSSR count). The largest absolute Gasteiger partial charge is 0.480 e. The molecule has 9 heteroatoms. The van der Waals surface area contributed by atoms with Gasteiger partial charge in [-0.3, -0.25) is 9.59 Å². The van der Waals surface area contributed by atoms with Crippen LogP contribution in [0.4, 0.5) is 0 Å². The highest BCUT2D eigenvalue weighted by Crippen LogP contribution is 2.22. The second kappa shape index (κ2) is 13.3. The Bertz CT molecular complexity index is 1760. The Labute approximate surface area is 256 Å². The second-order valence-electron chi connectivity index (χ2n) is 11.1. The minimum absolute atomic E-state index is 0.0944. The summed E-state index contributed by atoms with van der Waals surface area (Å²) in [5, 5.41) is 13.7. The predicted molar refractivity (Wildman–Crippen MR) is 169 cm³/mol. The van der Waals surface area contributed by atoms with E-state index < -0.39 is 24.0 Å². The number of hydrogen-bond acceptors (Lipinski definition) is 5. The maximum absolute atomic E-state index is 13.8. The summed E-state index contributed by atoms with van der Waals surface area (Å²) in [6.45, 7) is 3.84. The average Bonchev–Trinajstić information content (AvgIpc) is 3.43. The number of aryl methyl sites for hydroxylation is 3. The minimum atomic E-state index is -1.18. The lowest BCUT2D eigenvalue weighted by atomic mass is 9.99. The van der Waals surface area contributed by atoms with E-state index in [1.165, 1.54) is 11.2 Å². The molecule has 0 radical (unpaired) electrons. The fourth-order valence-corrected chi connectivity index (χ4v) is 5.55. The molecule has 9 nitrogen and oxygen atoms in total. The first-order valence-corrected chi connectivity index (χ1v) is 14.5. The molecule has 5 aromatic rings. The molecular formula is C35H35N5O4. The van der Waals surface area contributed by atoms with Crippen molar-refractivity contribution in [3.05, 3.63) is 119 Å². The average molecular weight is 590 g/mol. The topological polar surface area (TPSA) is 128 Å². The number of H-pyrrole nitrogens is 1. The summed E-state index contributed by atoms with van der Waals surface area (Å²) in [6, 6.07) is 19.0. The Morgan fingerprint density at radius 2 is 1.61 bits per heavy atom. The van der Waals surface area contributed by atoms with E-state index in [9.17, 15) is 19.5 Å². The van der Waals surface area contributed by atoms with Gasteiger partial charge in [-0.15, -0.1) is 0 Å². The number of carbonyl (C=O) groups excluding carboxylic acids is 2. The molecule has 0 saturated heterocycles. The van der Waals surface area contributed by atoms with Crippen LogP contribution in [0.25, 0.3) is 22.0 Å². The van der Waals surface area contributed by atoms with Crippen LogP contribution in [0.1, 0.15) is 39.0 Å². The van der Waals surface area contributed by atoms with Gasteiger partial charge in [-0.05, 0) is 61.6 Å². The Kier molecular flexibility index (Phi) is 9.14. The third-order valence-corrected chi connectivity index (χ3v) is 7.83. The number of fused-ring (bicyclic) bond motifs is 1. The van der Waals surface area contributed by atoms with Gasteiger partial charge in [0.15, 0.2) is 0 Å². The summed E-state index contributed by atoms with van der Waals surface area (Å²) >= 11 is 0. The van der Waals surface area contributed by atoms with Crippen LogP contribution in [0.3, 0.4) is 0 Å². The summed E-state index contributed by atoms with van der Waals surface area (Å²) in [5.74, 6) is -1.97. The van der Waals surface area contributed by atoms with Gasteiger partial charge in [0, 0.05) is 54.1 Å². The molecule has 0 unspecified atom stereocenters. The summed E-state index contributed by atoms with van der Waals surface area (Å²) in [4.78, 5) is 52.5. The number of hydrogen-bond donors (Lipinski definition) is 3. The first-order chi connectivity index (χ1) is 21.2. The number of nitrogens with one attached hydrogen (secondary N) is 2. The van der Waals surface area contributed by atoms with Crippen LogP contribution in [0.2, 0.25) is 0 Å². The van der Waals surface area contributed by atoms with Gasteiger partial charge in [0.25, 0.3) is 5.91 Å². The minimum Gasteiger partial charge on any atom is -0.480 e. The van der Waals surface area contributed by atoms with Crippen molar-refractivity contribution in [3.8, 4) is 11.1 Å². The number of carbonyl (C=O) groups is 3. The van der Waals surface area contributed by atoms with Gasteiger partial charge < -0.3 is 20.3 Å². The number of nitrogens with zero attached hydrogens (tertiary/aromatic N) is 3. The number of aliphatic carboxylic acids is 1. The highest BCUT2D eigenvalue weighted by Gasteiger charge is 2.31. The Morgan fingerprint density at radius 3 is 2.30 bits per heavy atom. The molecule has 3 N–H and O–H groups in total. The molecule has 44 heavy (non-hydrogen) atoms. The van der Waals surface area contributed by atoms with Crippen molar-refractivity contribution in [3.63, 3.8) is 0 Å². The van der Waals surface area contributed by atoms with Gasteiger partial charge in [-0.2, -0.15) is 0 Å². The van der Waals surface area contributed by atoms with Gasteiger partial charge in [0.2, 0.25) is 5.91 Å². The molecule has 0 aliphatic carbocycles. The van der Waals surface area contributed by atoms with Crippen molar-refractivity contribution in [2.45, 2.75) is 45.2 Å². The molecular weight excluding hydrogens is 554 g/mol. The molecule has 3 aromatic carbocycles. The van der Waals surface area contributed by atoms with E-state index >= 15 is 0 Å². The van der Waals surface area contributed by atoms with E-state index in [1.54, 1.807) is 37.8 Å². The maximum atomic E-state index is 13.8. The van der Waals surface area contributed by atoms with E-state index in [0.29, 0.717) is 18.4 Å². The third-order valence-electron chi connectivity index (χ3n) is 7.83. The molecule has 2 atom stereocenters. The maximum Gasteiger partial charge on any atom is 0.326 e. The first kappa shape index (κ1) is 30.2. The van der Waals surface area contributed by atoms with Crippen molar-refractivity contribution in [2.75, 3.05) is 7.05 Å². The van der Waals surface area contributed by atoms with E-state index in [4.69, 9.17) is 0 Å². The highest BCUT2D eigenvalue weighted by atomic mass is 16.4. The van der Waals surface area contributed by atoms with E-state index in [0.717, 1.165) is 44.3 Å². The van der Waals surface area contributed by atoms with E-state index in [1.807, 2.05) is 68.4 Å². The predicted octanol–water partition coefficient (Wildman–Crippen LogP) is 5.13. The van der Waals surface area contributed by atoms with Crippen LogP contribution in [-0.2, 0) is 22.4 Å². The summed E-state index contributed by atoms with van der Waals surface area (Å²) in [7, 11) is 1.60. The van der Waals surface area contributed by atoms with E-state index in [2.05, 4.69) is 20.3 Å². The number of aromatic nitrogens is 3. The molecule has 224 valence electrons. The fraction of sp³-hybridized carbons (Fsp3) is 0.229. The molecule has 0 saturated carbocycles. The normalized spacial score (nSPS) is 12.4. The lowest BCUT2D eigenvalue weighted by molar-refractivity contribution is -0.142. The van der Waals surface area contributed by atoms with Crippen molar-refractivity contribution in [1.82, 2.24) is 25.2 Å². The Morgan fingerprint density at radius 1 is 0.932 bits per heavy atom. The molecule has 2 aromatic heterocycles. The van der Waals surface area contributed by atoms with Crippen LogP contribution in [0.15, 0.2) is 91.6 Å². The van der Waals surface area contributed by atoms with Crippen molar-refractivity contribution < 1.29 is 19.5 Å². The van der Waals surface area contributed by atoms with Gasteiger partial charge >= 0.3 is 5.97 Å². The number of benzene rings is 3. The molecule has 0 aliphatic heterocycles. The van der Waals surface area contributed by atoms with E-state index in [-0.39, 0.29) is 12.3 Å². The number of para-hydroxylation sites is 1. The summed E-state index contributed by atoms with van der Waals surface area (Å²) in [5.41, 5.74) is 6.87. The second-order valence-corrected chi connectivity index (χ2v) is 11.1. The number of carboxylic acid groups (broad SMARTS) is 1. The number of rotatable bonds is 11. The van der Waals surface area contributed by atoms with Gasteiger partial charge in [-0.25, -0.2) is 14.8 Å². The van der Waals surface area contributed by atoms with Crippen LogP contribution >= 0.6 is 0 Å². The molecule has 0 bridgehead atoms. The molecule has 0 aliphatic rings. The number of carboxylic acids is 1. The lowest BCUT2D eigenvalue weighted by Gasteiger charge is -2.29. The van der Waals surface area contributed by atoms with Crippen LogP contribution < -0.4 is 5.32 Å². The van der Waals surface area contributed by atoms with Crippen LogP contribution in [0, 0.1) is 13.8 Å². The number of likely N-dealkylation sites (N-methyl/N-ethyl adjacent to an activating group) is 1. The Hall–Kier alpha value is -5.31. The summed E-state index contributed by atoms with van der Waals surface area (Å²) in [6.07, 6.45) is 7.62. The zero-order chi connectivity index (χ0) is 31.2. The Balaban J connectivity index is 1.37. The SMILES string of the molecule is Cc1cc(C)cc(C(=O)N(C)[C@H](CCc2ccc(-c3cncnc3)cc2)C(=O)N[C@@H](Cc2c[nH]c3ccccc23)C(=O)O)c1. The molecule has 0 spiro atoms. The summed E-state index contributed by atoms with van der Waals surface area (Å²) < 4.78 is 0. The smallest absolute Gasteiger partial charge is 0.326 e. The first-order valence-electron chi connectivity index (χ1n) is 14.5. The van der Waals surface area contributed by atoms with Crippen molar-refractivity contribution >= 4 is 28.7 Å². The third kappa shape index (κ3) is 7.00. The molecule has 2 heterocycles. The lowest BCUT2D eigenvalue weighted by Crippen LogP contribution is -2.52. The quantitative estimate of drug-likeness (QED) is 0.196. The fourth-order valence-electron chi connectivity index (χ4n) is 5.55. The van der Waals surface area contributed by atoms with Crippen molar-refractivity contribution in [2.24, 2.45) is 0 Å². The molecule has 0 fully saturated rings. The zero-order valence-electron chi connectivity index (χ0n) is 24.9. The monoisotopic (exact) mass is 589 g/mol. The number of aromatic amines is 1.